The highest BCUT2D eigenvalue weighted by Gasteiger charge is 2.23. The van der Waals surface area contributed by atoms with Crippen molar-refractivity contribution in [3.05, 3.63) is 77.5 Å². The van der Waals surface area contributed by atoms with Crippen molar-refractivity contribution in [2.24, 2.45) is 0 Å². The van der Waals surface area contributed by atoms with Crippen LogP contribution in [0.3, 0.4) is 0 Å². The summed E-state index contributed by atoms with van der Waals surface area (Å²) in [6.45, 7) is 1.64. The zero-order valence-corrected chi connectivity index (χ0v) is 13.8. The second-order valence-electron chi connectivity index (χ2n) is 5.79. The SMILES string of the molecule is CC(c1cc(F)ccc1F)N(C)C(=O)c1cc(-c2ccccc2)n[nH]1. The van der Waals surface area contributed by atoms with Crippen molar-refractivity contribution in [1.82, 2.24) is 15.1 Å². The van der Waals surface area contributed by atoms with E-state index in [9.17, 15) is 13.6 Å². The number of benzene rings is 2. The number of nitrogens with zero attached hydrogens (tertiary/aromatic N) is 2. The molecule has 25 heavy (non-hydrogen) atoms. The van der Waals surface area contributed by atoms with Crippen molar-refractivity contribution in [3.63, 3.8) is 0 Å². The molecular weight excluding hydrogens is 324 g/mol. The molecule has 1 aromatic heterocycles. The highest BCUT2D eigenvalue weighted by molar-refractivity contribution is 5.93. The van der Waals surface area contributed by atoms with Gasteiger partial charge in [-0.1, -0.05) is 30.3 Å². The number of nitrogens with one attached hydrogen (secondary N) is 1. The molecule has 0 saturated carbocycles. The molecule has 3 rings (SSSR count). The normalized spacial score (nSPS) is 12.0. The maximum atomic E-state index is 13.9. The van der Waals surface area contributed by atoms with Crippen LogP contribution in [0.5, 0.6) is 0 Å². The van der Waals surface area contributed by atoms with Crippen LogP contribution < -0.4 is 0 Å². The molecule has 128 valence electrons. The summed E-state index contributed by atoms with van der Waals surface area (Å²) < 4.78 is 27.3. The first kappa shape index (κ1) is 16.8. The van der Waals surface area contributed by atoms with Gasteiger partial charge >= 0.3 is 0 Å². The first-order valence-electron chi connectivity index (χ1n) is 7.80. The van der Waals surface area contributed by atoms with E-state index in [1.54, 1.807) is 20.0 Å². The number of hydrogen-bond acceptors (Lipinski definition) is 2. The molecule has 3 aromatic rings. The Balaban J connectivity index is 1.83. The molecule has 1 amide bonds. The molecule has 2 aromatic carbocycles. The number of halogens is 2. The van der Waals surface area contributed by atoms with Gasteiger partial charge in [0.25, 0.3) is 5.91 Å². The fourth-order valence-electron chi connectivity index (χ4n) is 2.60. The largest absolute Gasteiger partial charge is 0.334 e. The highest BCUT2D eigenvalue weighted by atomic mass is 19.1. The van der Waals surface area contributed by atoms with E-state index >= 15 is 0 Å². The predicted octanol–water partition coefficient (Wildman–Crippen LogP) is 4.19. The Labute approximate surface area is 144 Å². The van der Waals surface area contributed by atoms with E-state index in [1.807, 2.05) is 30.3 Å². The number of aromatic amines is 1. The molecular formula is C19H17F2N3O. The Morgan fingerprint density at radius 1 is 1.12 bits per heavy atom. The number of aromatic nitrogens is 2. The van der Waals surface area contributed by atoms with Crippen LogP contribution in [0.15, 0.2) is 54.6 Å². The summed E-state index contributed by atoms with van der Waals surface area (Å²) in [6.07, 6.45) is 0. The maximum absolute atomic E-state index is 13.9. The third-order valence-corrected chi connectivity index (χ3v) is 4.19. The number of hydrogen-bond donors (Lipinski definition) is 1. The van der Waals surface area contributed by atoms with Crippen LogP contribution in [0.4, 0.5) is 8.78 Å². The van der Waals surface area contributed by atoms with Crippen molar-refractivity contribution in [3.8, 4) is 11.3 Å². The summed E-state index contributed by atoms with van der Waals surface area (Å²) in [7, 11) is 1.54. The molecule has 0 spiro atoms. The Hall–Kier alpha value is -3.02. The van der Waals surface area contributed by atoms with E-state index in [2.05, 4.69) is 10.2 Å². The molecule has 1 atom stereocenters. The fraction of sp³-hybridized carbons (Fsp3) is 0.158. The van der Waals surface area contributed by atoms with E-state index in [4.69, 9.17) is 0 Å². The summed E-state index contributed by atoms with van der Waals surface area (Å²) in [4.78, 5) is 14.0. The van der Waals surface area contributed by atoms with Crippen LogP contribution in [0, 0.1) is 11.6 Å². The van der Waals surface area contributed by atoms with Gasteiger partial charge in [0.1, 0.15) is 17.3 Å². The van der Waals surface area contributed by atoms with Gasteiger partial charge in [-0.15, -0.1) is 0 Å². The van der Waals surface area contributed by atoms with Crippen LogP contribution in [-0.2, 0) is 0 Å². The summed E-state index contributed by atoms with van der Waals surface area (Å²) in [5, 5.41) is 6.86. The number of carbonyl (C=O) groups excluding carboxylic acids is 1. The summed E-state index contributed by atoms with van der Waals surface area (Å²) >= 11 is 0. The van der Waals surface area contributed by atoms with E-state index < -0.39 is 17.7 Å². The summed E-state index contributed by atoms with van der Waals surface area (Å²) in [5.74, 6) is -1.45. The molecule has 0 aliphatic rings. The third-order valence-electron chi connectivity index (χ3n) is 4.19. The molecule has 0 bridgehead atoms. The van der Waals surface area contributed by atoms with Crippen molar-refractivity contribution >= 4 is 5.91 Å². The van der Waals surface area contributed by atoms with Crippen molar-refractivity contribution in [1.29, 1.82) is 0 Å². The van der Waals surface area contributed by atoms with Crippen LogP contribution >= 0.6 is 0 Å². The van der Waals surface area contributed by atoms with Gasteiger partial charge in [-0.25, -0.2) is 8.78 Å². The lowest BCUT2D eigenvalue weighted by Crippen LogP contribution is -2.30. The lowest BCUT2D eigenvalue weighted by Gasteiger charge is -2.25. The molecule has 1 heterocycles. The van der Waals surface area contributed by atoms with E-state index in [0.29, 0.717) is 5.69 Å². The molecule has 0 aliphatic heterocycles. The quantitative estimate of drug-likeness (QED) is 0.773. The van der Waals surface area contributed by atoms with Crippen molar-refractivity contribution < 1.29 is 13.6 Å². The zero-order valence-electron chi connectivity index (χ0n) is 13.8. The van der Waals surface area contributed by atoms with E-state index in [1.165, 1.54) is 4.90 Å². The van der Waals surface area contributed by atoms with Gasteiger partial charge in [-0.3, -0.25) is 9.89 Å². The zero-order chi connectivity index (χ0) is 18.0. The maximum Gasteiger partial charge on any atom is 0.272 e. The average Bonchev–Trinajstić information content (AvgIpc) is 3.13. The van der Waals surface area contributed by atoms with Crippen LogP contribution in [0.25, 0.3) is 11.3 Å². The van der Waals surface area contributed by atoms with Crippen molar-refractivity contribution in [2.75, 3.05) is 7.05 Å². The molecule has 4 nitrogen and oxygen atoms in total. The van der Waals surface area contributed by atoms with Gasteiger partial charge in [0.15, 0.2) is 0 Å². The van der Waals surface area contributed by atoms with Crippen LogP contribution in [0.2, 0.25) is 0 Å². The molecule has 0 saturated heterocycles. The van der Waals surface area contributed by atoms with Gasteiger partial charge in [0.2, 0.25) is 0 Å². The van der Waals surface area contributed by atoms with Crippen molar-refractivity contribution in [2.45, 2.75) is 13.0 Å². The second-order valence-corrected chi connectivity index (χ2v) is 5.79. The molecule has 0 aliphatic carbocycles. The smallest absolute Gasteiger partial charge is 0.272 e. The Morgan fingerprint density at radius 3 is 2.56 bits per heavy atom. The second kappa shape index (κ2) is 6.84. The number of amides is 1. The summed E-state index contributed by atoms with van der Waals surface area (Å²) in [5.41, 5.74) is 1.93. The number of carbonyl (C=O) groups is 1. The molecule has 1 N–H and O–H groups in total. The minimum absolute atomic E-state index is 0.124. The first-order valence-corrected chi connectivity index (χ1v) is 7.80. The van der Waals surface area contributed by atoms with Gasteiger partial charge < -0.3 is 4.90 Å². The molecule has 6 heteroatoms. The Bertz CT molecular complexity index is 893. The Morgan fingerprint density at radius 2 is 1.84 bits per heavy atom. The Kier molecular flexibility index (Phi) is 4.61. The van der Waals surface area contributed by atoms with Gasteiger partial charge in [0, 0.05) is 18.2 Å². The van der Waals surface area contributed by atoms with Crippen LogP contribution in [0.1, 0.15) is 29.0 Å². The summed E-state index contributed by atoms with van der Waals surface area (Å²) in [6, 6.07) is 13.7. The lowest BCUT2D eigenvalue weighted by atomic mass is 10.1. The average molecular weight is 341 g/mol. The van der Waals surface area contributed by atoms with E-state index in [0.717, 1.165) is 23.8 Å². The van der Waals surface area contributed by atoms with Gasteiger partial charge in [-0.05, 0) is 31.2 Å². The van der Waals surface area contributed by atoms with E-state index in [-0.39, 0.29) is 17.2 Å². The van der Waals surface area contributed by atoms with Crippen LogP contribution in [-0.4, -0.2) is 28.1 Å². The molecule has 1 unspecified atom stereocenters. The third kappa shape index (κ3) is 3.42. The molecule has 0 fully saturated rings. The number of H-pyrrole nitrogens is 1. The number of rotatable bonds is 4. The topological polar surface area (TPSA) is 49.0 Å². The minimum Gasteiger partial charge on any atom is -0.334 e. The standard InChI is InChI=1S/C19H17F2N3O/c1-12(15-10-14(20)8-9-16(15)21)24(2)19(25)18-11-17(22-23-18)13-6-4-3-5-7-13/h3-12H,1-2H3,(H,22,23). The monoisotopic (exact) mass is 341 g/mol. The minimum atomic E-state index is -0.633. The lowest BCUT2D eigenvalue weighted by molar-refractivity contribution is 0.0734. The fourth-order valence-corrected chi connectivity index (χ4v) is 2.60. The predicted molar refractivity (Wildman–Crippen MR) is 90.9 cm³/mol. The van der Waals surface area contributed by atoms with Gasteiger partial charge in [0.05, 0.1) is 11.7 Å². The first-order chi connectivity index (χ1) is 12.0. The molecule has 0 radical (unpaired) electrons. The highest BCUT2D eigenvalue weighted by Crippen LogP contribution is 2.25. The van der Waals surface area contributed by atoms with Gasteiger partial charge in [-0.2, -0.15) is 5.10 Å².